The Balaban J connectivity index is 1.23. The summed E-state index contributed by atoms with van der Waals surface area (Å²) in [5, 5.41) is 11.3. The maximum Gasteiger partial charge on any atom is 0.138 e. The van der Waals surface area contributed by atoms with Gasteiger partial charge in [0.25, 0.3) is 0 Å². The van der Waals surface area contributed by atoms with Crippen LogP contribution in [-0.2, 0) is 19.4 Å². The third kappa shape index (κ3) is 4.16. The van der Waals surface area contributed by atoms with Crippen molar-refractivity contribution in [3.8, 4) is 0 Å². The predicted octanol–water partition coefficient (Wildman–Crippen LogP) is 2.96. The second kappa shape index (κ2) is 9.06. The van der Waals surface area contributed by atoms with Gasteiger partial charge < -0.3 is 4.90 Å². The molecule has 0 saturated carbocycles. The Morgan fingerprint density at radius 1 is 0.767 bits per heavy atom. The van der Waals surface area contributed by atoms with Crippen molar-refractivity contribution >= 4 is 0 Å². The highest BCUT2D eigenvalue weighted by Crippen LogP contribution is 2.37. The van der Waals surface area contributed by atoms with Crippen LogP contribution in [0.15, 0.2) is 54.9 Å². The smallest absolute Gasteiger partial charge is 0.138 e. The lowest BCUT2D eigenvalue weighted by Crippen LogP contribution is -2.48. The summed E-state index contributed by atoms with van der Waals surface area (Å²) < 4.78 is 1.82. The van der Waals surface area contributed by atoms with Gasteiger partial charge in [-0.3, -0.25) is 4.90 Å². The second-order valence-corrected chi connectivity index (χ2v) is 8.46. The number of piperazine rings is 1. The molecule has 0 unspecified atom stereocenters. The fourth-order valence-corrected chi connectivity index (χ4v) is 5.02. The summed E-state index contributed by atoms with van der Waals surface area (Å²) in [6.45, 7) is 6.61. The minimum absolute atomic E-state index is 0.391. The first-order valence-electron chi connectivity index (χ1n) is 11.2. The summed E-state index contributed by atoms with van der Waals surface area (Å²) in [6.07, 6.45) is 6.29. The van der Waals surface area contributed by atoms with E-state index >= 15 is 0 Å². The molecule has 5 rings (SSSR count). The molecule has 156 valence electrons. The van der Waals surface area contributed by atoms with Crippen molar-refractivity contribution in [1.82, 2.24) is 30.0 Å². The molecular formula is C24H30N6. The van der Waals surface area contributed by atoms with E-state index in [0.717, 1.165) is 58.5 Å². The molecule has 0 bridgehead atoms. The Morgan fingerprint density at radius 2 is 1.40 bits per heavy atom. The lowest BCUT2D eigenvalue weighted by Gasteiger charge is -2.40. The van der Waals surface area contributed by atoms with Crippen LogP contribution in [0.2, 0.25) is 0 Å². The van der Waals surface area contributed by atoms with Crippen LogP contribution < -0.4 is 0 Å². The molecule has 1 saturated heterocycles. The molecule has 2 heterocycles. The summed E-state index contributed by atoms with van der Waals surface area (Å²) in [5.74, 6) is 0. The molecule has 2 aliphatic rings. The first kappa shape index (κ1) is 19.4. The molecule has 0 spiro atoms. The Morgan fingerprint density at radius 3 is 2.03 bits per heavy atom. The first-order valence-corrected chi connectivity index (χ1v) is 11.2. The molecule has 0 N–H and O–H groups in total. The van der Waals surface area contributed by atoms with Gasteiger partial charge in [-0.05, 0) is 64.9 Å². The van der Waals surface area contributed by atoms with Gasteiger partial charge in [0.05, 0.1) is 6.04 Å². The van der Waals surface area contributed by atoms with Crippen LogP contribution in [-0.4, -0.2) is 62.7 Å². The Kier molecular flexibility index (Phi) is 5.86. The van der Waals surface area contributed by atoms with Gasteiger partial charge in [-0.1, -0.05) is 48.5 Å². The molecule has 0 radical (unpaired) electrons. The van der Waals surface area contributed by atoms with Gasteiger partial charge in [-0.15, -0.1) is 5.10 Å². The Labute approximate surface area is 178 Å². The van der Waals surface area contributed by atoms with Crippen molar-refractivity contribution in [3.05, 3.63) is 77.1 Å². The van der Waals surface area contributed by atoms with Crippen molar-refractivity contribution in [2.45, 2.75) is 38.3 Å². The molecule has 6 nitrogen and oxygen atoms in total. The topological polar surface area (TPSA) is 50.1 Å². The maximum absolute atomic E-state index is 3.94. The zero-order valence-corrected chi connectivity index (χ0v) is 17.5. The number of aromatic nitrogens is 4. The predicted molar refractivity (Wildman–Crippen MR) is 117 cm³/mol. The fourth-order valence-electron chi connectivity index (χ4n) is 5.02. The van der Waals surface area contributed by atoms with Crippen LogP contribution in [0.1, 0.15) is 41.1 Å². The van der Waals surface area contributed by atoms with Crippen molar-refractivity contribution < 1.29 is 0 Å². The van der Waals surface area contributed by atoms with Crippen LogP contribution >= 0.6 is 0 Å². The number of rotatable bonds is 6. The molecule has 3 aromatic rings. The number of benzene rings is 2. The minimum atomic E-state index is 0.391. The van der Waals surface area contributed by atoms with E-state index in [1.165, 1.54) is 28.7 Å². The van der Waals surface area contributed by atoms with E-state index in [1.54, 1.807) is 6.33 Å². The third-order valence-corrected chi connectivity index (χ3v) is 6.64. The van der Waals surface area contributed by atoms with Crippen LogP contribution in [0, 0.1) is 0 Å². The number of unbranched alkanes of at least 4 members (excludes halogenated alkanes) is 1. The number of hydrogen-bond acceptors (Lipinski definition) is 5. The fraction of sp³-hybridized carbons (Fsp3) is 0.458. The maximum atomic E-state index is 3.94. The number of hydrogen-bond donors (Lipinski definition) is 0. The molecule has 0 atom stereocenters. The second-order valence-electron chi connectivity index (χ2n) is 8.46. The monoisotopic (exact) mass is 402 g/mol. The molecule has 1 fully saturated rings. The lowest BCUT2D eigenvalue weighted by molar-refractivity contribution is 0.108. The van der Waals surface area contributed by atoms with Gasteiger partial charge >= 0.3 is 0 Å². The van der Waals surface area contributed by atoms with E-state index in [2.05, 4.69) is 73.9 Å². The average Bonchev–Trinajstić information content (AvgIpc) is 3.25. The largest absolute Gasteiger partial charge is 0.301 e. The van der Waals surface area contributed by atoms with Crippen molar-refractivity contribution in [2.75, 3.05) is 32.7 Å². The molecule has 30 heavy (non-hydrogen) atoms. The van der Waals surface area contributed by atoms with E-state index in [9.17, 15) is 0 Å². The van der Waals surface area contributed by atoms with Gasteiger partial charge in [0.1, 0.15) is 6.33 Å². The zero-order chi connectivity index (χ0) is 20.2. The van der Waals surface area contributed by atoms with Crippen LogP contribution in [0.3, 0.4) is 0 Å². The van der Waals surface area contributed by atoms with Crippen LogP contribution in [0.5, 0.6) is 0 Å². The van der Waals surface area contributed by atoms with E-state index in [-0.39, 0.29) is 0 Å². The summed E-state index contributed by atoms with van der Waals surface area (Å²) >= 11 is 0. The van der Waals surface area contributed by atoms with Crippen LogP contribution in [0.4, 0.5) is 0 Å². The standard InChI is InChI=1S/C24H30N6/c1-3-9-22-20(7-1)11-12-21-8-2-4-10-23(21)24(22)29-17-15-28(16-18-29)13-5-6-14-30-19-25-26-27-30/h1-4,7-10,19,24H,5-6,11-18H2. The normalized spacial score (nSPS) is 18.0. The van der Waals surface area contributed by atoms with E-state index in [0.29, 0.717) is 6.04 Å². The summed E-state index contributed by atoms with van der Waals surface area (Å²) in [6, 6.07) is 18.6. The highest BCUT2D eigenvalue weighted by molar-refractivity contribution is 5.44. The quantitative estimate of drug-likeness (QED) is 0.594. The minimum Gasteiger partial charge on any atom is -0.301 e. The number of nitrogens with zero attached hydrogens (tertiary/aromatic N) is 6. The molecule has 1 aliphatic carbocycles. The van der Waals surface area contributed by atoms with Gasteiger partial charge in [0.2, 0.25) is 0 Å². The first-order chi connectivity index (χ1) is 14.9. The molecule has 1 aromatic heterocycles. The molecule has 2 aromatic carbocycles. The Hall–Kier alpha value is -2.57. The van der Waals surface area contributed by atoms with Gasteiger partial charge in [-0.25, -0.2) is 4.68 Å². The summed E-state index contributed by atoms with van der Waals surface area (Å²) in [5.41, 5.74) is 6.06. The highest BCUT2D eigenvalue weighted by Gasteiger charge is 2.30. The van der Waals surface area contributed by atoms with E-state index < -0.39 is 0 Å². The SMILES string of the molecule is c1ccc2c(c1)CCc1ccccc1C2N1CCN(CCCCn2cnnn2)CC1. The molecule has 1 aliphatic heterocycles. The summed E-state index contributed by atoms with van der Waals surface area (Å²) in [7, 11) is 0. The molecular weight excluding hydrogens is 372 g/mol. The van der Waals surface area contributed by atoms with Gasteiger partial charge in [0, 0.05) is 32.7 Å². The van der Waals surface area contributed by atoms with Gasteiger partial charge in [-0.2, -0.15) is 0 Å². The number of aryl methyl sites for hydroxylation is 3. The third-order valence-electron chi connectivity index (χ3n) is 6.64. The lowest BCUT2D eigenvalue weighted by atomic mass is 9.92. The number of fused-ring (bicyclic) bond motifs is 2. The highest BCUT2D eigenvalue weighted by atomic mass is 15.5. The van der Waals surface area contributed by atoms with Crippen LogP contribution in [0.25, 0.3) is 0 Å². The number of tetrazole rings is 1. The summed E-state index contributed by atoms with van der Waals surface area (Å²) in [4.78, 5) is 5.32. The van der Waals surface area contributed by atoms with E-state index in [1.807, 2.05) is 4.68 Å². The van der Waals surface area contributed by atoms with Gasteiger partial charge in [0.15, 0.2) is 0 Å². The molecule has 0 amide bonds. The Bertz CT molecular complexity index is 898. The van der Waals surface area contributed by atoms with Crippen molar-refractivity contribution in [2.24, 2.45) is 0 Å². The molecule has 6 heteroatoms. The van der Waals surface area contributed by atoms with E-state index in [4.69, 9.17) is 0 Å². The average molecular weight is 403 g/mol. The zero-order valence-electron chi connectivity index (χ0n) is 17.5. The van der Waals surface area contributed by atoms with Crippen molar-refractivity contribution in [3.63, 3.8) is 0 Å². The van der Waals surface area contributed by atoms with Crippen molar-refractivity contribution in [1.29, 1.82) is 0 Å².